The largest absolute Gasteiger partial charge is 0.473 e. The summed E-state index contributed by atoms with van der Waals surface area (Å²) in [7, 11) is 0. The van der Waals surface area contributed by atoms with Crippen LogP contribution in [0.1, 0.15) is 38.5 Å². The Bertz CT molecular complexity index is 541. The maximum absolute atomic E-state index is 10.9. The van der Waals surface area contributed by atoms with Gasteiger partial charge in [0.05, 0.1) is 12.2 Å². The van der Waals surface area contributed by atoms with Crippen molar-refractivity contribution < 1.29 is 19.4 Å². The highest BCUT2D eigenvalue weighted by Gasteiger charge is 2.28. The molecule has 0 spiro atoms. The third-order valence-electron chi connectivity index (χ3n) is 4.61. The fourth-order valence-corrected chi connectivity index (χ4v) is 3.49. The Morgan fingerprint density at radius 2 is 1.67 bits per heavy atom. The minimum absolute atomic E-state index is 0.161. The van der Waals surface area contributed by atoms with Gasteiger partial charge in [-0.15, -0.1) is 10.2 Å². The first-order valence-electron chi connectivity index (χ1n) is 8.39. The molecule has 1 saturated heterocycles. The van der Waals surface area contributed by atoms with Crippen LogP contribution in [0.5, 0.6) is 5.88 Å². The number of rotatable bonds is 4. The molecular formula is C16H22BrN3O4. The van der Waals surface area contributed by atoms with Crippen molar-refractivity contribution in [3.05, 3.63) is 16.7 Å². The molecule has 0 radical (unpaired) electrons. The Labute approximate surface area is 149 Å². The SMILES string of the molecule is O=C(O)N1CCC(O[C@H]2CC[C@H](Oc3ccc(Br)nn3)CC2)CC1. The summed E-state index contributed by atoms with van der Waals surface area (Å²) in [5.41, 5.74) is 0. The van der Waals surface area contributed by atoms with Crippen molar-refractivity contribution >= 4 is 22.0 Å². The van der Waals surface area contributed by atoms with Crippen LogP contribution in [0.2, 0.25) is 0 Å². The zero-order valence-corrected chi connectivity index (χ0v) is 15.0. The normalized spacial score (nSPS) is 25.5. The number of piperidine rings is 1. The lowest BCUT2D eigenvalue weighted by molar-refractivity contribution is -0.0644. The summed E-state index contributed by atoms with van der Waals surface area (Å²) in [5.74, 6) is 0.559. The molecule has 24 heavy (non-hydrogen) atoms. The first-order valence-corrected chi connectivity index (χ1v) is 9.18. The third kappa shape index (κ3) is 4.80. The molecule has 2 fully saturated rings. The molecular weight excluding hydrogens is 378 g/mol. The van der Waals surface area contributed by atoms with Gasteiger partial charge in [0.15, 0.2) is 0 Å². The van der Waals surface area contributed by atoms with Gasteiger partial charge in [-0.25, -0.2) is 4.79 Å². The van der Waals surface area contributed by atoms with Gasteiger partial charge in [-0.2, -0.15) is 0 Å². The second-order valence-corrected chi connectivity index (χ2v) is 7.13. The van der Waals surface area contributed by atoms with Crippen LogP contribution in [0.15, 0.2) is 16.7 Å². The van der Waals surface area contributed by atoms with Crippen molar-refractivity contribution in [2.24, 2.45) is 0 Å². The van der Waals surface area contributed by atoms with Gasteiger partial charge in [0.1, 0.15) is 10.7 Å². The molecule has 0 bridgehead atoms. The Morgan fingerprint density at radius 3 is 2.25 bits per heavy atom. The number of carboxylic acid groups (broad SMARTS) is 1. The average molecular weight is 400 g/mol. The summed E-state index contributed by atoms with van der Waals surface area (Å²) >= 11 is 3.26. The van der Waals surface area contributed by atoms with Crippen LogP contribution >= 0.6 is 15.9 Å². The number of carbonyl (C=O) groups is 1. The molecule has 1 aromatic rings. The van der Waals surface area contributed by atoms with Crippen LogP contribution in [0, 0.1) is 0 Å². The van der Waals surface area contributed by atoms with Crippen molar-refractivity contribution in [2.45, 2.75) is 56.8 Å². The van der Waals surface area contributed by atoms with Crippen molar-refractivity contribution in [3.8, 4) is 5.88 Å². The minimum atomic E-state index is -0.831. The molecule has 1 N–H and O–H groups in total. The van der Waals surface area contributed by atoms with Gasteiger partial charge in [0, 0.05) is 19.2 Å². The summed E-state index contributed by atoms with van der Waals surface area (Å²) in [6.07, 6.45) is 5.15. The molecule has 0 aromatic carbocycles. The number of hydrogen-bond donors (Lipinski definition) is 1. The highest BCUT2D eigenvalue weighted by molar-refractivity contribution is 9.10. The smallest absolute Gasteiger partial charge is 0.407 e. The van der Waals surface area contributed by atoms with Crippen LogP contribution in [-0.4, -0.2) is 57.7 Å². The molecule has 7 nitrogen and oxygen atoms in total. The van der Waals surface area contributed by atoms with E-state index in [9.17, 15) is 4.79 Å². The summed E-state index contributed by atoms with van der Waals surface area (Å²) < 4.78 is 12.7. The van der Waals surface area contributed by atoms with E-state index in [1.54, 1.807) is 0 Å². The van der Waals surface area contributed by atoms with Crippen molar-refractivity contribution in [2.75, 3.05) is 13.1 Å². The summed E-state index contributed by atoms with van der Waals surface area (Å²) in [5, 5.41) is 16.9. The van der Waals surface area contributed by atoms with Gasteiger partial charge in [-0.3, -0.25) is 0 Å². The van der Waals surface area contributed by atoms with Crippen molar-refractivity contribution in [1.82, 2.24) is 15.1 Å². The third-order valence-corrected chi connectivity index (χ3v) is 5.04. The predicted molar refractivity (Wildman–Crippen MR) is 90.1 cm³/mol. The Hall–Kier alpha value is -1.41. The molecule has 1 saturated carbocycles. The number of amides is 1. The standard InChI is InChI=1S/C16H22BrN3O4/c17-14-5-6-15(19-18-14)24-12-3-1-11(2-4-12)23-13-7-9-20(10-8-13)16(21)22/h5-6,11-13H,1-4,7-10H2,(H,21,22)/t11-,12-. The maximum Gasteiger partial charge on any atom is 0.407 e. The molecule has 0 atom stereocenters. The zero-order valence-electron chi connectivity index (χ0n) is 13.4. The second kappa shape index (κ2) is 8.11. The van der Waals surface area contributed by atoms with Crippen LogP contribution in [-0.2, 0) is 4.74 Å². The molecule has 8 heteroatoms. The fourth-order valence-electron chi connectivity index (χ4n) is 3.28. The molecule has 1 amide bonds. The van der Waals surface area contributed by atoms with Crippen molar-refractivity contribution in [1.29, 1.82) is 0 Å². The van der Waals surface area contributed by atoms with Gasteiger partial charge in [-0.05, 0) is 60.5 Å². The van der Waals surface area contributed by atoms with E-state index in [0.717, 1.165) is 38.5 Å². The Balaban J connectivity index is 1.38. The number of aromatic nitrogens is 2. The summed E-state index contributed by atoms with van der Waals surface area (Å²) in [6.45, 7) is 1.14. The van der Waals surface area contributed by atoms with Crippen LogP contribution < -0.4 is 4.74 Å². The molecule has 2 heterocycles. The lowest BCUT2D eigenvalue weighted by Gasteiger charge is -2.35. The molecule has 2 aliphatic rings. The lowest BCUT2D eigenvalue weighted by atomic mass is 9.94. The van der Waals surface area contributed by atoms with E-state index in [4.69, 9.17) is 14.6 Å². The summed E-state index contributed by atoms with van der Waals surface area (Å²) in [6, 6.07) is 3.64. The molecule has 0 unspecified atom stereocenters. The van der Waals surface area contributed by atoms with E-state index in [1.165, 1.54) is 4.90 Å². The number of hydrogen-bond acceptors (Lipinski definition) is 5. The first kappa shape index (κ1) is 17.4. The van der Waals surface area contributed by atoms with Crippen molar-refractivity contribution in [3.63, 3.8) is 0 Å². The van der Waals surface area contributed by atoms with Crippen LogP contribution in [0.25, 0.3) is 0 Å². The van der Waals surface area contributed by atoms with Gasteiger partial charge in [0.25, 0.3) is 0 Å². The van der Waals surface area contributed by atoms with E-state index in [2.05, 4.69) is 26.1 Å². The first-order chi connectivity index (χ1) is 11.6. The van der Waals surface area contributed by atoms with Crippen LogP contribution in [0.4, 0.5) is 4.79 Å². The van der Waals surface area contributed by atoms with E-state index in [-0.39, 0.29) is 18.3 Å². The number of halogens is 1. The van der Waals surface area contributed by atoms with E-state index in [0.29, 0.717) is 23.6 Å². The summed E-state index contributed by atoms with van der Waals surface area (Å²) in [4.78, 5) is 12.4. The number of likely N-dealkylation sites (tertiary alicyclic amines) is 1. The van der Waals surface area contributed by atoms with E-state index >= 15 is 0 Å². The maximum atomic E-state index is 10.9. The predicted octanol–water partition coefficient (Wildman–Crippen LogP) is 3.09. The number of nitrogens with zero attached hydrogens (tertiary/aromatic N) is 3. The number of ether oxygens (including phenoxy) is 2. The monoisotopic (exact) mass is 399 g/mol. The lowest BCUT2D eigenvalue weighted by Crippen LogP contribution is -2.41. The van der Waals surface area contributed by atoms with E-state index in [1.807, 2.05) is 12.1 Å². The van der Waals surface area contributed by atoms with E-state index < -0.39 is 6.09 Å². The minimum Gasteiger partial charge on any atom is -0.473 e. The molecule has 1 aliphatic carbocycles. The molecule has 1 aromatic heterocycles. The Kier molecular flexibility index (Phi) is 5.89. The topological polar surface area (TPSA) is 84.8 Å². The van der Waals surface area contributed by atoms with Gasteiger partial charge in [-0.1, -0.05) is 0 Å². The fraction of sp³-hybridized carbons (Fsp3) is 0.688. The highest BCUT2D eigenvalue weighted by Crippen LogP contribution is 2.27. The second-order valence-electron chi connectivity index (χ2n) is 6.32. The average Bonchev–Trinajstić information content (AvgIpc) is 2.59. The van der Waals surface area contributed by atoms with Gasteiger partial charge < -0.3 is 19.5 Å². The van der Waals surface area contributed by atoms with Crippen LogP contribution in [0.3, 0.4) is 0 Å². The molecule has 132 valence electrons. The van der Waals surface area contributed by atoms with Gasteiger partial charge in [0.2, 0.25) is 5.88 Å². The molecule has 3 rings (SSSR count). The zero-order chi connectivity index (χ0) is 16.9. The quantitative estimate of drug-likeness (QED) is 0.836. The van der Waals surface area contributed by atoms with Gasteiger partial charge >= 0.3 is 6.09 Å². The highest BCUT2D eigenvalue weighted by atomic mass is 79.9. The Morgan fingerprint density at radius 1 is 1.04 bits per heavy atom. The molecule has 1 aliphatic heterocycles.